The maximum Gasteiger partial charge on any atom is 0.325 e. The van der Waals surface area contributed by atoms with Crippen molar-refractivity contribution in [2.45, 2.75) is 62.3 Å². The number of anilines is 1. The number of piperidine rings is 1. The van der Waals surface area contributed by atoms with Crippen LogP contribution in [0.15, 0.2) is 23.1 Å². The molecule has 3 fully saturated rings. The molecule has 1 aliphatic carbocycles. The Kier molecular flexibility index (Phi) is 6.81. The SMILES string of the molecule is CC1CCCN(S(=O)(=O)c2ccc(NCCCN3C(=O)NC4(CCCC4)C3=O)c([N+](=O)[O-])c2)C1. The molecule has 34 heavy (non-hydrogen) atoms. The standard InChI is InChI=1S/C22H31N5O6S/c1-16-6-4-12-25(15-16)34(32,33)17-7-8-18(19(14-17)27(30)31)23-11-5-13-26-20(28)22(24-21(26)29)9-2-3-10-22/h7-8,14,16,23H,2-6,9-13,15H2,1H3,(H,24,29). The van der Waals surface area contributed by atoms with Crippen molar-refractivity contribution in [3.8, 4) is 0 Å². The van der Waals surface area contributed by atoms with Gasteiger partial charge in [-0.05, 0) is 50.2 Å². The molecule has 0 aromatic heterocycles. The van der Waals surface area contributed by atoms with E-state index in [1.807, 2.05) is 6.92 Å². The van der Waals surface area contributed by atoms with Gasteiger partial charge >= 0.3 is 6.03 Å². The molecule has 2 aliphatic heterocycles. The fraction of sp³-hybridized carbons (Fsp3) is 0.636. The van der Waals surface area contributed by atoms with E-state index in [1.165, 1.54) is 21.3 Å². The second-order valence-electron chi connectivity index (χ2n) is 9.50. The summed E-state index contributed by atoms with van der Waals surface area (Å²) in [7, 11) is -3.81. The predicted molar refractivity (Wildman–Crippen MR) is 125 cm³/mol. The summed E-state index contributed by atoms with van der Waals surface area (Å²) in [4.78, 5) is 37.1. The smallest absolute Gasteiger partial charge is 0.325 e. The lowest BCUT2D eigenvalue weighted by Gasteiger charge is -2.30. The Morgan fingerprint density at radius 1 is 1.24 bits per heavy atom. The van der Waals surface area contributed by atoms with Crippen LogP contribution in [0.3, 0.4) is 0 Å². The second-order valence-corrected chi connectivity index (χ2v) is 11.4. The molecule has 12 heteroatoms. The Morgan fingerprint density at radius 3 is 2.65 bits per heavy atom. The first kappa shape index (κ1) is 24.4. The summed E-state index contributed by atoms with van der Waals surface area (Å²) in [5.74, 6) is 0.0511. The molecular formula is C22H31N5O6S. The average molecular weight is 494 g/mol. The summed E-state index contributed by atoms with van der Waals surface area (Å²) in [6.45, 7) is 3.28. The van der Waals surface area contributed by atoms with Crippen LogP contribution in [-0.2, 0) is 14.8 Å². The minimum atomic E-state index is -3.81. The van der Waals surface area contributed by atoms with Gasteiger partial charge in [0.1, 0.15) is 11.2 Å². The maximum absolute atomic E-state index is 13.0. The third kappa shape index (κ3) is 4.61. The zero-order valence-corrected chi connectivity index (χ0v) is 20.1. The average Bonchev–Trinajstić information content (AvgIpc) is 3.36. The number of sulfonamides is 1. The van der Waals surface area contributed by atoms with E-state index < -0.39 is 20.5 Å². The molecule has 11 nitrogen and oxygen atoms in total. The van der Waals surface area contributed by atoms with E-state index in [2.05, 4.69) is 10.6 Å². The van der Waals surface area contributed by atoms with Crippen LogP contribution in [-0.4, -0.2) is 66.2 Å². The van der Waals surface area contributed by atoms with Crippen molar-refractivity contribution in [3.63, 3.8) is 0 Å². The first-order valence-corrected chi connectivity index (χ1v) is 13.2. The van der Waals surface area contributed by atoms with Crippen LogP contribution in [0.4, 0.5) is 16.2 Å². The Balaban J connectivity index is 1.39. The molecule has 2 heterocycles. The Bertz CT molecular complexity index is 1090. The van der Waals surface area contributed by atoms with Gasteiger partial charge in [-0.25, -0.2) is 13.2 Å². The molecule has 186 valence electrons. The van der Waals surface area contributed by atoms with Crippen LogP contribution < -0.4 is 10.6 Å². The summed E-state index contributed by atoms with van der Waals surface area (Å²) in [6, 6.07) is 3.49. The fourth-order valence-corrected chi connectivity index (χ4v) is 6.76. The zero-order chi connectivity index (χ0) is 24.5. The lowest BCUT2D eigenvalue weighted by Crippen LogP contribution is -2.44. The molecule has 4 rings (SSSR count). The number of carbonyl (C=O) groups excluding carboxylic acids is 2. The number of rotatable bonds is 8. The van der Waals surface area contributed by atoms with E-state index in [1.54, 1.807) is 0 Å². The second kappa shape index (κ2) is 9.49. The van der Waals surface area contributed by atoms with E-state index in [9.17, 15) is 28.1 Å². The summed E-state index contributed by atoms with van der Waals surface area (Å²) < 4.78 is 27.4. The lowest BCUT2D eigenvalue weighted by molar-refractivity contribution is -0.384. The van der Waals surface area contributed by atoms with Gasteiger partial charge in [0.25, 0.3) is 11.6 Å². The number of hydrogen-bond acceptors (Lipinski definition) is 7. The number of benzene rings is 1. The van der Waals surface area contributed by atoms with Crippen molar-refractivity contribution in [3.05, 3.63) is 28.3 Å². The van der Waals surface area contributed by atoms with Crippen LogP contribution in [0.5, 0.6) is 0 Å². The predicted octanol–water partition coefficient (Wildman–Crippen LogP) is 2.68. The highest BCUT2D eigenvalue weighted by Gasteiger charge is 2.52. The van der Waals surface area contributed by atoms with Crippen molar-refractivity contribution < 1.29 is 22.9 Å². The van der Waals surface area contributed by atoms with Crippen LogP contribution in [0.1, 0.15) is 51.9 Å². The highest BCUT2D eigenvalue weighted by Crippen LogP contribution is 2.35. The van der Waals surface area contributed by atoms with E-state index in [0.717, 1.165) is 31.7 Å². The monoisotopic (exact) mass is 493 g/mol. The van der Waals surface area contributed by atoms with E-state index >= 15 is 0 Å². The number of urea groups is 1. The number of nitrogens with one attached hydrogen (secondary N) is 2. The van der Waals surface area contributed by atoms with Crippen molar-refractivity contribution in [2.24, 2.45) is 5.92 Å². The van der Waals surface area contributed by atoms with Gasteiger partial charge in [0, 0.05) is 32.2 Å². The fourth-order valence-electron chi connectivity index (χ4n) is 5.14. The molecule has 2 saturated heterocycles. The third-order valence-corrected chi connectivity index (χ3v) is 8.86. The lowest BCUT2D eigenvalue weighted by atomic mass is 9.98. The van der Waals surface area contributed by atoms with E-state index in [-0.39, 0.29) is 47.2 Å². The Morgan fingerprint density at radius 2 is 1.97 bits per heavy atom. The van der Waals surface area contributed by atoms with Gasteiger partial charge in [0.05, 0.1) is 9.82 Å². The van der Waals surface area contributed by atoms with Crippen LogP contribution in [0.2, 0.25) is 0 Å². The van der Waals surface area contributed by atoms with Gasteiger partial charge in [-0.2, -0.15) is 4.31 Å². The number of nitrogens with zero attached hydrogens (tertiary/aromatic N) is 3. The molecule has 1 atom stereocenters. The molecule has 1 aromatic rings. The van der Waals surface area contributed by atoms with Crippen LogP contribution >= 0.6 is 0 Å². The van der Waals surface area contributed by atoms with Crippen molar-refractivity contribution in [1.82, 2.24) is 14.5 Å². The zero-order valence-electron chi connectivity index (χ0n) is 19.3. The molecule has 0 bridgehead atoms. The maximum atomic E-state index is 13.0. The normalized spacial score (nSPS) is 22.9. The van der Waals surface area contributed by atoms with Crippen molar-refractivity contribution in [2.75, 3.05) is 31.5 Å². The van der Waals surface area contributed by atoms with E-state index in [4.69, 9.17) is 0 Å². The molecule has 3 aliphatic rings. The molecule has 1 saturated carbocycles. The molecule has 3 amide bonds. The Hall–Kier alpha value is -2.73. The molecule has 1 spiro atoms. The van der Waals surface area contributed by atoms with Gasteiger partial charge < -0.3 is 10.6 Å². The number of carbonyl (C=O) groups is 2. The molecule has 1 aromatic carbocycles. The van der Waals surface area contributed by atoms with Gasteiger partial charge in [-0.3, -0.25) is 19.8 Å². The molecule has 2 N–H and O–H groups in total. The van der Waals surface area contributed by atoms with Gasteiger partial charge in [0.2, 0.25) is 10.0 Å². The number of nitro groups is 1. The number of hydrogen-bond donors (Lipinski definition) is 2. The van der Waals surface area contributed by atoms with Gasteiger partial charge in [0.15, 0.2) is 0 Å². The summed E-state index contributed by atoms with van der Waals surface area (Å²) >= 11 is 0. The van der Waals surface area contributed by atoms with E-state index in [0.29, 0.717) is 32.4 Å². The first-order valence-electron chi connectivity index (χ1n) is 11.8. The largest absolute Gasteiger partial charge is 0.379 e. The highest BCUT2D eigenvalue weighted by molar-refractivity contribution is 7.89. The Labute approximate surface area is 199 Å². The minimum absolute atomic E-state index is 0.0972. The molecular weight excluding hydrogens is 462 g/mol. The topological polar surface area (TPSA) is 142 Å². The first-order chi connectivity index (χ1) is 16.1. The molecule has 0 radical (unpaired) electrons. The minimum Gasteiger partial charge on any atom is -0.379 e. The number of amides is 3. The molecule has 1 unspecified atom stereocenters. The summed E-state index contributed by atoms with van der Waals surface area (Å²) in [5, 5.41) is 17.4. The number of nitro benzene ring substituents is 1. The van der Waals surface area contributed by atoms with Gasteiger partial charge in [-0.15, -0.1) is 0 Å². The van der Waals surface area contributed by atoms with Crippen LogP contribution in [0.25, 0.3) is 0 Å². The highest BCUT2D eigenvalue weighted by atomic mass is 32.2. The third-order valence-electron chi connectivity index (χ3n) is 7.00. The quantitative estimate of drug-likeness (QED) is 0.245. The van der Waals surface area contributed by atoms with Crippen LogP contribution in [0, 0.1) is 16.0 Å². The summed E-state index contributed by atoms with van der Waals surface area (Å²) in [5.41, 5.74) is -0.886. The number of imide groups is 1. The van der Waals surface area contributed by atoms with Crippen molar-refractivity contribution in [1.29, 1.82) is 0 Å². The van der Waals surface area contributed by atoms with Gasteiger partial charge in [-0.1, -0.05) is 19.8 Å². The van der Waals surface area contributed by atoms with Crippen molar-refractivity contribution >= 4 is 33.3 Å². The summed E-state index contributed by atoms with van der Waals surface area (Å²) in [6.07, 6.45) is 5.26.